The molecule has 12 heteroatoms. The number of aliphatic hydroxyl groups is 1. The maximum atomic E-state index is 12.7. The van der Waals surface area contributed by atoms with Crippen molar-refractivity contribution < 1.29 is 27.8 Å². The Bertz CT molecular complexity index is 1550. The average molecular weight is 685 g/mol. The van der Waals surface area contributed by atoms with Crippen molar-refractivity contribution in [2.75, 3.05) is 38.0 Å². The predicted molar refractivity (Wildman–Crippen MR) is 184 cm³/mol. The average Bonchev–Trinajstić information content (AvgIpc) is 3.43. The number of hydrogen-bond donors (Lipinski definition) is 2. The van der Waals surface area contributed by atoms with E-state index in [0.29, 0.717) is 30.3 Å². The number of ether oxygens (including phenoxy) is 1. The lowest BCUT2D eigenvalue weighted by Gasteiger charge is -2.40. The number of aromatic nitrogens is 3. The van der Waals surface area contributed by atoms with Crippen molar-refractivity contribution >= 4 is 23.1 Å². The third kappa shape index (κ3) is 9.25. The molecule has 0 spiro atoms. The second-order valence-corrected chi connectivity index (χ2v) is 15.3. The topological polar surface area (TPSA) is 95.8 Å². The summed E-state index contributed by atoms with van der Waals surface area (Å²) in [7, 11) is 0. The first-order valence-electron chi connectivity index (χ1n) is 18.0. The van der Waals surface area contributed by atoms with Crippen molar-refractivity contribution in [2.24, 2.45) is 11.8 Å². The van der Waals surface area contributed by atoms with Crippen LogP contribution in [0.4, 0.5) is 23.9 Å². The van der Waals surface area contributed by atoms with Gasteiger partial charge in [-0.3, -0.25) is 4.90 Å². The van der Waals surface area contributed by atoms with E-state index in [-0.39, 0.29) is 30.7 Å². The van der Waals surface area contributed by atoms with Crippen molar-refractivity contribution in [2.45, 2.75) is 109 Å². The molecule has 2 saturated heterocycles. The normalized spacial score (nSPS) is 22.1. The summed E-state index contributed by atoms with van der Waals surface area (Å²) in [4.78, 5) is 25.9. The Kier molecular flexibility index (Phi) is 10.7. The number of alkyl halides is 3. The number of rotatable bonds is 8. The third-order valence-electron chi connectivity index (χ3n) is 10.5. The molecule has 0 atom stereocenters. The number of likely N-dealkylation sites (tertiary alicyclic amines) is 2. The van der Waals surface area contributed by atoms with E-state index in [0.717, 1.165) is 74.9 Å². The molecule has 2 aliphatic heterocycles. The number of nitrogens with one attached hydrogen (secondary N) is 1. The molecule has 0 unspecified atom stereocenters. The molecule has 2 N–H and O–H groups in total. The zero-order chi connectivity index (χ0) is 34.8. The Morgan fingerprint density at radius 2 is 1.57 bits per heavy atom. The van der Waals surface area contributed by atoms with E-state index in [1.165, 1.54) is 18.4 Å². The summed E-state index contributed by atoms with van der Waals surface area (Å²) >= 11 is 0. The second kappa shape index (κ2) is 14.8. The van der Waals surface area contributed by atoms with Gasteiger partial charge in [-0.2, -0.15) is 18.2 Å². The summed E-state index contributed by atoms with van der Waals surface area (Å²) in [5, 5.41) is 13.7. The van der Waals surface area contributed by atoms with Gasteiger partial charge in [0.1, 0.15) is 11.2 Å². The first kappa shape index (κ1) is 35.4. The molecular weight excluding hydrogens is 633 g/mol. The number of anilines is 1. The number of carbonyl (C=O) groups excluding carboxylic acids is 1. The maximum Gasteiger partial charge on any atom is 0.410 e. The summed E-state index contributed by atoms with van der Waals surface area (Å²) in [6.07, 6.45) is 5.60. The lowest BCUT2D eigenvalue weighted by Crippen LogP contribution is -2.44. The van der Waals surface area contributed by atoms with Crippen molar-refractivity contribution in [1.82, 2.24) is 24.3 Å². The molecule has 4 heterocycles. The summed E-state index contributed by atoms with van der Waals surface area (Å²) in [6, 6.07) is 8.79. The number of halogens is 3. The van der Waals surface area contributed by atoms with E-state index < -0.39 is 18.2 Å². The highest BCUT2D eigenvalue weighted by molar-refractivity contribution is 5.94. The van der Waals surface area contributed by atoms with E-state index in [1.54, 1.807) is 6.20 Å². The zero-order valence-electron chi connectivity index (χ0n) is 29.0. The standard InChI is InChI=1S/C37H51F3N6O3/c1-36(2,3)49-35(48)45-20-14-27(15-21-45)26-12-18-44(19-13-26)23-25-4-6-28(7-5-25)32-24-46(29-8-10-30(47)11-9-29)33-31(32)22-42-34(43-33)41-17-16-37(38,39)40/h4-7,22,24,26-27,29-30,47H,8-21,23H2,1-3H3,(H,41,42,43). The van der Waals surface area contributed by atoms with Crippen molar-refractivity contribution in [3.05, 3.63) is 42.2 Å². The third-order valence-corrected chi connectivity index (χ3v) is 10.5. The Balaban J connectivity index is 1.07. The fourth-order valence-corrected chi connectivity index (χ4v) is 7.79. The van der Waals surface area contributed by atoms with E-state index in [2.05, 4.69) is 55.2 Å². The van der Waals surface area contributed by atoms with Crippen molar-refractivity contribution in [3.8, 4) is 11.1 Å². The van der Waals surface area contributed by atoms with Gasteiger partial charge in [0.15, 0.2) is 0 Å². The summed E-state index contributed by atoms with van der Waals surface area (Å²) in [5.41, 5.74) is 3.52. The number of nitrogens with zero attached hydrogens (tertiary/aromatic N) is 5. The zero-order valence-corrected chi connectivity index (χ0v) is 29.0. The van der Waals surface area contributed by atoms with E-state index >= 15 is 0 Å². The van der Waals surface area contributed by atoms with Crippen LogP contribution in [0.1, 0.15) is 90.2 Å². The molecule has 0 bridgehead atoms. The maximum absolute atomic E-state index is 12.7. The Morgan fingerprint density at radius 1 is 0.939 bits per heavy atom. The quantitative estimate of drug-likeness (QED) is 0.250. The van der Waals surface area contributed by atoms with Crippen molar-refractivity contribution in [3.63, 3.8) is 0 Å². The predicted octanol–water partition coefficient (Wildman–Crippen LogP) is 7.80. The Morgan fingerprint density at radius 3 is 2.18 bits per heavy atom. The van der Waals surface area contributed by atoms with Gasteiger partial charge in [0.2, 0.25) is 5.95 Å². The molecule has 268 valence electrons. The van der Waals surface area contributed by atoms with Crippen LogP contribution in [0.5, 0.6) is 0 Å². The highest BCUT2D eigenvalue weighted by Gasteiger charge is 2.33. The molecule has 3 aromatic rings. The van der Waals surface area contributed by atoms with Gasteiger partial charge in [-0.25, -0.2) is 9.78 Å². The second-order valence-electron chi connectivity index (χ2n) is 15.3. The number of aliphatic hydroxyl groups excluding tert-OH is 1. The molecule has 3 aliphatic rings. The van der Waals surface area contributed by atoms with Crippen LogP contribution in [0.15, 0.2) is 36.7 Å². The monoisotopic (exact) mass is 684 g/mol. The van der Waals surface area contributed by atoms with Gasteiger partial charge in [-0.15, -0.1) is 0 Å². The molecule has 1 aromatic carbocycles. The minimum atomic E-state index is -4.25. The van der Waals surface area contributed by atoms with Gasteiger partial charge in [-0.05, 0) is 108 Å². The molecule has 49 heavy (non-hydrogen) atoms. The SMILES string of the molecule is CC(C)(C)OC(=O)N1CCC(C2CCN(Cc3ccc(-c4cn(C5CCC(O)CC5)c5nc(NCCC(F)(F)F)ncc45)cc3)CC2)CC1. The summed E-state index contributed by atoms with van der Waals surface area (Å²) in [5.74, 6) is 1.55. The van der Waals surface area contributed by atoms with Gasteiger partial charge >= 0.3 is 12.3 Å². The van der Waals surface area contributed by atoms with Crippen LogP contribution in [0.25, 0.3) is 22.2 Å². The van der Waals surface area contributed by atoms with Gasteiger partial charge in [0, 0.05) is 55.6 Å². The van der Waals surface area contributed by atoms with Crippen LogP contribution < -0.4 is 5.32 Å². The van der Waals surface area contributed by atoms with Crippen LogP contribution in [0.3, 0.4) is 0 Å². The number of piperidine rings is 2. The van der Waals surface area contributed by atoms with Crippen LogP contribution in [0.2, 0.25) is 0 Å². The fraction of sp³-hybridized carbons (Fsp3) is 0.649. The molecule has 0 radical (unpaired) electrons. The van der Waals surface area contributed by atoms with Gasteiger partial charge < -0.3 is 24.6 Å². The van der Waals surface area contributed by atoms with Crippen LogP contribution >= 0.6 is 0 Å². The lowest BCUT2D eigenvalue weighted by molar-refractivity contribution is -0.131. The van der Waals surface area contributed by atoms with E-state index in [1.807, 2.05) is 25.7 Å². The number of fused-ring (bicyclic) bond motifs is 1. The van der Waals surface area contributed by atoms with Gasteiger partial charge in [0.25, 0.3) is 0 Å². The number of hydrogen-bond acceptors (Lipinski definition) is 7. The van der Waals surface area contributed by atoms with E-state index in [9.17, 15) is 23.1 Å². The molecule has 1 aliphatic carbocycles. The van der Waals surface area contributed by atoms with Crippen LogP contribution in [0, 0.1) is 11.8 Å². The minimum absolute atomic E-state index is 0.150. The number of benzene rings is 1. The first-order chi connectivity index (χ1) is 23.3. The number of amides is 1. The molecule has 2 aromatic heterocycles. The first-order valence-corrected chi connectivity index (χ1v) is 18.0. The largest absolute Gasteiger partial charge is 0.444 e. The summed E-state index contributed by atoms with van der Waals surface area (Å²) < 4.78 is 45.9. The minimum Gasteiger partial charge on any atom is -0.444 e. The molecular formula is C37H51F3N6O3. The highest BCUT2D eigenvalue weighted by atomic mass is 19.4. The van der Waals surface area contributed by atoms with Gasteiger partial charge in [0.05, 0.1) is 12.5 Å². The van der Waals surface area contributed by atoms with E-state index in [4.69, 9.17) is 4.74 Å². The highest BCUT2D eigenvalue weighted by Crippen LogP contribution is 2.37. The van der Waals surface area contributed by atoms with Gasteiger partial charge in [-0.1, -0.05) is 24.3 Å². The molecule has 9 nitrogen and oxygen atoms in total. The molecule has 1 saturated carbocycles. The molecule has 6 rings (SSSR count). The Labute approximate surface area is 287 Å². The molecule has 3 fully saturated rings. The van der Waals surface area contributed by atoms with Crippen molar-refractivity contribution in [1.29, 1.82) is 0 Å². The smallest absolute Gasteiger partial charge is 0.410 e. The number of carbonyl (C=O) groups is 1. The van der Waals surface area contributed by atoms with Crippen LogP contribution in [-0.2, 0) is 11.3 Å². The fourth-order valence-electron chi connectivity index (χ4n) is 7.79. The summed E-state index contributed by atoms with van der Waals surface area (Å²) in [6.45, 7) is 10.0. The lowest BCUT2D eigenvalue weighted by atomic mass is 9.79. The Hall–Kier alpha value is -3.38. The van der Waals surface area contributed by atoms with Crippen LogP contribution in [-0.4, -0.2) is 86.1 Å². The molecule has 1 amide bonds.